The smallest absolute Gasteiger partial charge is 0.244 e. The van der Waals surface area contributed by atoms with Gasteiger partial charge in [-0.15, -0.1) is 0 Å². The van der Waals surface area contributed by atoms with Crippen molar-refractivity contribution >= 4 is 50.7 Å². The molecule has 2 aromatic rings. The number of para-hydroxylation sites is 1. The Morgan fingerprint density at radius 3 is 2.23 bits per heavy atom. The Balaban J connectivity index is 2.52. The Bertz CT molecular complexity index is 1160. The number of anilines is 1. The van der Waals surface area contributed by atoms with Crippen LogP contribution < -0.4 is 9.62 Å². The second kappa shape index (κ2) is 12.6. The summed E-state index contributed by atoms with van der Waals surface area (Å²) in [6, 6.07) is 11.3. The second-order valence-corrected chi connectivity index (χ2v) is 11.3. The fourth-order valence-electron chi connectivity index (χ4n) is 3.84. The molecule has 0 bridgehead atoms. The van der Waals surface area contributed by atoms with Crippen LogP contribution in [0.5, 0.6) is 0 Å². The third-order valence-electron chi connectivity index (χ3n) is 5.58. The van der Waals surface area contributed by atoms with Gasteiger partial charge in [0, 0.05) is 13.1 Å². The number of rotatable bonds is 11. The number of hydrogen-bond acceptors (Lipinski definition) is 4. The van der Waals surface area contributed by atoms with Crippen LogP contribution in [0.1, 0.15) is 51.2 Å². The molecule has 0 spiro atoms. The topological polar surface area (TPSA) is 86.8 Å². The summed E-state index contributed by atoms with van der Waals surface area (Å²) in [6.45, 7) is 7.54. The number of sulfonamides is 1. The maximum Gasteiger partial charge on any atom is 0.244 e. The lowest BCUT2D eigenvalue weighted by atomic mass is 10.0. The summed E-state index contributed by atoms with van der Waals surface area (Å²) in [5.74, 6) is -0.772. The Hall–Kier alpha value is -2.29. The summed E-state index contributed by atoms with van der Waals surface area (Å²) in [5.41, 5.74) is 1.92. The van der Waals surface area contributed by atoms with Crippen molar-refractivity contribution in [1.82, 2.24) is 10.2 Å². The quantitative estimate of drug-likeness (QED) is 0.441. The first-order chi connectivity index (χ1) is 16.4. The van der Waals surface area contributed by atoms with Gasteiger partial charge in [0.05, 0.1) is 22.0 Å². The normalized spacial score (nSPS) is 12.3. The third kappa shape index (κ3) is 7.59. The van der Waals surface area contributed by atoms with Crippen LogP contribution in [0.15, 0.2) is 42.5 Å². The number of halogens is 2. The molecule has 1 atom stereocenters. The molecule has 0 saturated heterocycles. The van der Waals surface area contributed by atoms with E-state index in [1.807, 2.05) is 26.0 Å². The maximum absolute atomic E-state index is 13.7. The standard InChI is InChI=1S/C25H33Cl2N3O4S/c1-6-22(25(32)28-7-2)29(15-18-12-13-20(26)21(27)14-18)24(31)16-30(35(5,33)34)23-11-9-8-10-19(23)17(3)4/h8-14,17,22H,6-7,15-16H2,1-5H3,(H,28,32). The van der Waals surface area contributed by atoms with Crippen LogP contribution in [0, 0.1) is 0 Å². The third-order valence-corrected chi connectivity index (χ3v) is 7.45. The number of carbonyl (C=O) groups is 2. The van der Waals surface area contributed by atoms with Crippen molar-refractivity contribution in [2.24, 2.45) is 0 Å². The average Bonchev–Trinajstić information content (AvgIpc) is 2.79. The molecule has 2 amide bonds. The molecule has 35 heavy (non-hydrogen) atoms. The minimum atomic E-state index is -3.80. The minimum absolute atomic E-state index is 0.0385. The zero-order valence-corrected chi connectivity index (χ0v) is 23.0. The molecule has 2 aromatic carbocycles. The van der Waals surface area contributed by atoms with Crippen LogP contribution in [0.25, 0.3) is 0 Å². The number of amides is 2. The number of nitrogens with zero attached hydrogens (tertiary/aromatic N) is 2. The predicted octanol–water partition coefficient (Wildman–Crippen LogP) is 4.83. The average molecular weight is 543 g/mol. The number of nitrogens with one attached hydrogen (secondary N) is 1. The molecule has 0 aliphatic rings. The van der Waals surface area contributed by atoms with E-state index < -0.39 is 28.5 Å². The first-order valence-corrected chi connectivity index (χ1v) is 14.1. The fourth-order valence-corrected chi connectivity index (χ4v) is 5.03. The monoisotopic (exact) mass is 541 g/mol. The van der Waals surface area contributed by atoms with Crippen LogP contribution in [0.4, 0.5) is 5.69 Å². The van der Waals surface area contributed by atoms with Gasteiger partial charge in [-0.2, -0.15) is 0 Å². The summed E-state index contributed by atoms with van der Waals surface area (Å²) in [7, 11) is -3.80. The summed E-state index contributed by atoms with van der Waals surface area (Å²) in [5, 5.41) is 3.46. The van der Waals surface area contributed by atoms with E-state index in [1.165, 1.54) is 4.90 Å². The highest BCUT2D eigenvalue weighted by atomic mass is 35.5. The Morgan fingerprint density at radius 1 is 1.03 bits per heavy atom. The molecule has 2 rings (SSSR count). The van der Waals surface area contributed by atoms with E-state index in [-0.39, 0.29) is 18.4 Å². The van der Waals surface area contributed by atoms with Crippen molar-refractivity contribution in [3.8, 4) is 0 Å². The molecular formula is C25H33Cl2N3O4S. The zero-order valence-electron chi connectivity index (χ0n) is 20.7. The number of hydrogen-bond donors (Lipinski definition) is 1. The van der Waals surface area contributed by atoms with Crippen molar-refractivity contribution in [3.05, 3.63) is 63.6 Å². The maximum atomic E-state index is 13.7. The van der Waals surface area contributed by atoms with Crippen LogP contribution in [0.2, 0.25) is 10.0 Å². The molecule has 7 nitrogen and oxygen atoms in total. The largest absolute Gasteiger partial charge is 0.355 e. The van der Waals surface area contributed by atoms with Crippen LogP contribution in [0.3, 0.4) is 0 Å². The van der Waals surface area contributed by atoms with E-state index in [0.29, 0.717) is 34.3 Å². The van der Waals surface area contributed by atoms with Crippen LogP contribution in [-0.4, -0.2) is 50.5 Å². The van der Waals surface area contributed by atoms with E-state index in [9.17, 15) is 18.0 Å². The number of carbonyl (C=O) groups excluding carboxylic acids is 2. The Labute approximate surface area is 218 Å². The van der Waals surface area contributed by atoms with E-state index in [4.69, 9.17) is 23.2 Å². The van der Waals surface area contributed by atoms with Crippen molar-refractivity contribution in [1.29, 1.82) is 0 Å². The van der Waals surface area contributed by atoms with E-state index in [2.05, 4.69) is 5.32 Å². The van der Waals surface area contributed by atoms with Crippen molar-refractivity contribution in [2.75, 3.05) is 23.7 Å². The zero-order chi connectivity index (χ0) is 26.3. The van der Waals surface area contributed by atoms with Gasteiger partial charge >= 0.3 is 0 Å². The molecule has 0 radical (unpaired) electrons. The molecule has 1 unspecified atom stereocenters. The van der Waals surface area contributed by atoms with Gasteiger partial charge in [-0.1, -0.05) is 68.2 Å². The summed E-state index contributed by atoms with van der Waals surface area (Å²) in [4.78, 5) is 27.9. The molecule has 1 N–H and O–H groups in total. The number of likely N-dealkylation sites (N-methyl/N-ethyl adjacent to an activating group) is 1. The second-order valence-electron chi connectivity index (χ2n) is 8.57. The fraction of sp³-hybridized carbons (Fsp3) is 0.440. The molecule has 10 heteroatoms. The summed E-state index contributed by atoms with van der Waals surface area (Å²) < 4.78 is 26.8. The first-order valence-electron chi connectivity index (χ1n) is 11.5. The van der Waals surface area contributed by atoms with Gasteiger partial charge in [-0.05, 0) is 48.6 Å². The molecule has 0 aromatic heterocycles. The van der Waals surface area contributed by atoms with Gasteiger partial charge in [0.1, 0.15) is 12.6 Å². The minimum Gasteiger partial charge on any atom is -0.355 e. The van der Waals surface area contributed by atoms with Crippen molar-refractivity contribution in [2.45, 2.75) is 52.6 Å². The van der Waals surface area contributed by atoms with Gasteiger partial charge in [0.25, 0.3) is 0 Å². The predicted molar refractivity (Wildman–Crippen MR) is 142 cm³/mol. The van der Waals surface area contributed by atoms with Gasteiger partial charge < -0.3 is 10.2 Å². The van der Waals surface area contributed by atoms with Crippen molar-refractivity contribution in [3.63, 3.8) is 0 Å². The lowest BCUT2D eigenvalue weighted by Crippen LogP contribution is -2.52. The van der Waals surface area contributed by atoms with E-state index in [1.54, 1.807) is 44.2 Å². The lowest BCUT2D eigenvalue weighted by molar-refractivity contribution is -0.140. The Kier molecular flexibility index (Phi) is 10.4. The molecule has 0 fully saturated rings. The molecule has 0 aliphatic heterocycles. The lowest BCUT2D eigenvalue weighted by Gasteiger charge is -2.33. The molecule has 0 saturated carbocycles. The SMILES string of the molecule is CCNC(=O)C(CC)N(Cc1ccc(Cl)c(Cl)c1)C(=O)CN(c1ccccc1C(C)C)S(C)(=O)=O. The highest BCUT2D eigenvalue weighted by Gasteiger charge is 2.32. The van der Waals surface area contributed by atoms with Gasteiger partial charge in [-0.25, -0.2) is 8.42 Å². The van der Waals surface area contributed by atoms with Crippen LogP contribution >= 0.6 is 23.2 Å². The van der Waals surface area contributed by atoms with E-state index >= 15 is 0 Å². The Morgan fingerprint density at radius 2 is 1.69 bits per heavy atom. The molecular weight excluding hydrogens is 509 g/mol. The highest BCUT2D eigenvalue weighted by Crippen LogP contribution is 2.29. The first kappa shape index (κ1) is 28.9. The van der Waals surface area contributed by atoms with E-state index in [0.717, 1.165) is 16.1 Å². The molecule has 0 heterocycles. The molecule has 192 valence electrons. The van der Waals surface area contributed by atoms with Crippen molar-refractivity contribution < 1.29 is 18.0 Å². The highest BCUT2D eigenvalue weighted by molar-refractivity contribution is 7.92. The number of benzene rings is 2. The van der Waals surface area contributed by atoms with Gasteiger partial charge in [-0.3, -0.25) is 13.9 Å². The summed E-state index contributed by atoms with van der Waals surface area (Å²) in [6.07, 6.45) is 1.42. The van der Waals surface area contributed by atoms with Gasteiger partial charge in [0.15, 0.2) is 0 Å². The molecule has 0 aliphatic carbocycles. The van der Waals surface area contributed by atoms with Gasteiger partial charge in [0.2, 0.25) is 21.8 Å². The summed E-state index contributed by atoms with van der Waals surface area (Å²) >= 11 is 12.2. The van der Waals surface area contributed by atoms with Crippen LogP contribution in [-0.2, 0) is 26.2 Å².